The molecule has 0 unspecified atom stereocenters. The second kappa shape index (κ2) is 11.4. The van der Waals surface area contributed by atoms with Crippen LogP contribution in [0.15, 0.2) is 102 Å². The summed E-state index contributed by atoms with van der Waals surface area (Å²) in [5, 5.41) is 7.99. The second-order valence-corrected chi connectivity index (χ2v) is 9.66. The molecule has 1 aromatic heterocycles. The minimum Gasteiger partial charge on any atom is -0.355 e. The van der Waals surface area contributed by atoms with Crippen molar-refractivity contribution >= 4 is 33.3 Å². The third kappa shape index (κ3) is 6.50. The molecule has 3 amide bonds. The molecule has 4 aromatic rings. The quantitative estimate of drug-likeness (QED) is 0.279. The predicted octanol–water partition coefficient (Wildman–Crippen LogP) is 4.23. The Morgan fingerprint density at radius 3 is 2.22 bits per heavy atom. The highest BCUT2D eigenvalue weighted by molar-refractivity contribution is 7.92. The van der Waals surface area contributed by atoms with E-state index in [0.717, 1.165) is 5.56 Å². The van der Waals surface area contributed by atoms with Crippen LogP contribution in [0.5, 0.6) is 0 Å². The molecular formula is C27H25N5O4S. The molecule has 4 rings (SSSR count). The number of benzene rings is 3. The van der Waals surface area contributed by atoms with Gasteiger partial charge in [-0.25, -0.2) is 13.2 Å². The Bertz CT molecular complexity index is 1490. The number of nitrogens with zero attached hydrogens (tertiary/aromatic N) is 1. The first-order valence-electron chi connectivity index (χ1n) is 11.3. The van der Waals surface area contributed by atoms with Crippen molar-refractivity contribution in [3.63, 3.8) is 0 Å². The average molecular weight is 516 g/mol. The summed E-state index contributed by atoms with van der Waals surface area (Å²) < 4.78 is 29.1. The lowest BCUT2D eigenvalue weighted by atomic mass is 10.0. The molecular weight excluding hydrogens is 490 g/mol. The average Bonchev–Trinajstić information content (AvgIpc) is 2.93. The highest BCUT2D eigenvalue weighted by Gasteiger charge is 2.19. The van der Waals surface area contributed by atoms with Gasteiger partial charge in [-0.15, -0.1) is 0 Å². The van der Waals surface area contributed by atoms with E-state index in [0.29, 0.717) is 34.6 Å². The van der Waals surface area contributed by atoms with Gasteiger partial charge in [0.1, 0.15) is 0 Å². The zero-order valence-electron chi connectivity index (χ0n) is 19.9. The van der Waals surface area contributed by atoms with Gasteiger partial charge in [0.2, 0.25) is 0 Å². The first-order chi connectivity index (χ1) is 17.9. The van der Waals surface area contributed by atoms with Gasteiger partial charge in [0.25, 0.3) is 15.9 Å². The molecule has 9 nitrogen and oxygen atoms in total. The van der Waals surface area contributed by atoms with Crippen molar-refractivity contribution in [1.29, 1.82) is 0 Å². The molecule has 0 atom stereocenters. The number of amides is 3. The standard InChI is InChI=1S/C27H25N5O4S/c1-28-26(33)21-10-8-20(9-11-21)24-6-2-3-7-25(24)37(35,36)32-23-14-12-22(13-15-23)31-27(34)30-18-19-5-4-16-29-17-19/h2-17,32H,18H2,1H3,(H,28,33)(H2,30,31,34). The summed E-state index contributed by atoms with van der Waals surface area (Å²) in [6.45, 7) is 0.325. The van der Waals surface area contributed by atoms with Crippen LogP contribution in [-0.2, 0) is 16.6 Å². The largest absolute Gasteiger partial charge is 0.355 e. The lowest BCUT2D eigenvalue weighted by molar-refractivity contribution is 0.0963. The van der Waals surface area contributed by atoms with Gasteiger partial charge >= 0.3 is 6.03 Å². The summed E-state index contributed by atoms with van der Waals surface area (Å²) in [6, 6.07) is 22.9. The Kier molecular flexibility index (Phi) is 7.80. The summed E-state index contributed by atoms with van der Waals surface area (Å²) in [5.74, 6) is -0.224. The number of pyridine rings is 1. The predicted molar refractivity (Wildman–Crippen MR) is 143 cm³/mol. The summed E-state index contributed by atoms with van der Waals surface area (Å²) in [4.78, 5) is 28.1. The highest BCUT2D eigenvalue weighted by Crippen LogP contribution is 2.29. The molecule has 0 radical (unpaired) electrons. The van der Waals surface area contributed by atoms with Crippen LogP contribution in [0.1, 0.15) is 15.9 Å². The highest BCUT2D eigenvalue weighted by atomic mass is 32.2. The lowest BCUT2D eigenvalue weighted by Gasteiger charge is -2.13. The topological polar surface area (TPSA) is 129 Å². The minimum absolute atomic E-state index is 0.0969. The normalized spacial score (nSPS) is 10.8. The molecule has 0 fully saturated rings. The van der Waals surface area contributed by atoms with Crippen LogP contribution in [-0.4, -0.2) is 32.4 Å². The number of hydrogen-bond acceptors (Lipinski definition) is 5. The van der Waals surface area contributed by atoms with E-state index in [2.05, 4.69) is 25.7 Å². The van der Waals surface area contributed by atoms with Gasteiger partial charge in [-0.1, -0.05) is 36.4 Å². The van der Waals surface area contributed by atoms with Crippen molar-refractivity contribution < 1.29 is 18.0 Å². The molecule has 3 aromatic carbocycles. The molecule has 4 N–H and O–H groups in total. The van der Waals surface area contributed by atoms with E-state index in [9.17, 15) is 18.0 Å². The maximum Gasteiger partial charge on any atom is 0.319 e. The van der Waals surface area contributed by atoms with Gasteiger partial charge in [-0.2, -0.15) is 0 Å². The van der Waals surface area contributed by atoms with Crippen LogP contribution in [0.2, 0.25) is 0 Å². The zero-order chi connectivity index (χ0) is 26.3. The van der Waals surface area contributed by atoms with Gasteiger partial charge in [-0.05, 0) is 59.7 Å². The molecule has 0 spiro atoms. The number of sulfonamides is 1. The van der Waals surface area contributed by atoms with E-state index in [1.54, 1.807) is 92.2 Å². The van der Waals surface area contributed by atoms with Crippen molar-refractivity contribution in [2.24, 2.45) is 0 Å². The first-order valence-corrected chi connectivity index (χ1v) is 12.8. The van der Waals surface area contributed by atoms with Crippen LogP contribution in [0.3, 0.4) is 0 Å². The van der Waals surface area contributed by atoms with E-state index in [4.69, 9.17) is 0 Å². The monoisotopic (exact) mass is 515 g/mol. The van der Waals surface area contributed by atoms with E-state index < -0.39 is 16.1 Å². The summed E-state index contributed by atoms with van der Waals surface area (Å²) >= 11 is 0. The Hall–Kier alpha value is -4.70. The molecule has 1 heterocycles. The Labute approximate surface area is 215 Å². The number of hydrogen-bond donors (Lipinski definition) is 4. The molecule has 188 valence electrons. The van der Waals surface area contributed by atoms with E-state index in [1.165, 1.54) is 6.07 Å². The maximum absolute atomic E-state index is 13.2. The zero-order valence-corrected chi connectivity index (χ0v) is 20.7. The van der Waals surface area contributed by atoms with Crippen LogP contribution in [0.4, 0.5) is 16.2 Å². The molecule has 0 aliphatic rings. The van der Waals surface area contributed by atoms with Crippen LogP contribution >= 0.6 is 0 Å². The Morgan fingerprint density at radius 1 is 0.838 bits per heavy atom. The number of carbonyl (C=O) groups is 2. The fourth-order valence-electron chi connectivity index (χ4n) is 3.58. The van der Waals surface area contributed by atoms with Gasteiger partial charge < -0.3 is 16.0 Å². The van der Waals surface area contributed by atoms with Crippen molar-refractivity contribution in [2.45, 2.75) is 11.4 Å². The van der Waals surface area contributed by atoms with E-state index >= 15 is 0 Å². The number of anilines is 2. The number of rotatable bonds is 8. The summed E-state index contributed by atoms with van der Waals surface area (Å²) in [7, 11) is -2.39. The number of nitrogens with one attached hydrogen (secondary N) is 4. The molecule has 0 aliphatic heterocycles. The molecule has 0 bridgehead atoms. The van der Waals surface area contributed by atoms with Gasteiger partial charge in [-0.3, -0.25) is 14.5 Å². The number of aromatic nitrogens is 1. The van der Waals surface area contributed by atoms with Gasteiger partial charge in [0, 0.05) is 48.5 Å². The lowest BCUT2D eigenvalue weighted by Crippen LogP contribution is -2.28. The molecule has 0 saturated heterocycles. The minimum atomic E-state index is -3.93. The van der Waals surface area contributed by atoms with Crippen LogP contribution in [0, 0.1) is 0 Å². The maximum atomic E-state index is 13.2. The third-order valence-electron chi connectivity index (χ3n) is 5.43. The Balaban J connectivity index is 1.44. The first kappa shape index (κ1) is 25.4. The van der Waals surface area contributed by atoms with Crippen LogP contribution < -0.4 is 20.7 Å². The summed E-state index contributed by atoms with van der Waals surface area (Å²) in [5.41, 5.74) is 3.34. The smallest absolute Gasteiger partial charge is 0.319 e. The Morgan fingerprint density at radius 2 is 1.54 bits per heavy atom. The fourth-order valence-corrected chi connectivity index (χ4v) is 4.87. The van der Waals surface area contributed by atoms with E-state index in [1.807, 2.05) is 6.07 Å². The van der Waals surface area contributed by atoms with Crippen molar-refractivity contribution in [1.82, 2.24) is 15.6 Å². The molecule has 37 heavy (non-hydrogen) atoms. The molecule has 0 saturated carbocycles. The SMILES string of the molecule is CNC(=O)c1ccc(-c2ccccc2S(=O)(=O)Nc2ccc(NC(=O)NCc3cccnc3)cc2)cc1. The second-order valence-electron chi connectivity index (χ2n) is 8.00. The van der Waals surface area contributed by atoms with Crippen molar-refractivity contribution in [3.8, 4) is 11.1 Å². The van der Waals surface area contributed by atoms with Gasteiger partial charge in [0.15, 0.2) is 0 Å². The summed E-state index contributed by atoms with van der Waals surface area (Å²) in [6.07, 6.45) is 3.32. The molecule has 10 heteroatoms. The van der Waals surface area contributed by atoms with Gasteiger partial charge in [0.05, 0.1) is 4.90 Å². The number of carbonyl (C=O) groups excluding carboxylic acids is 2. The van der Waals surface area contributed by atoms with Crippen LogP contribution in [0.25, 0.3) is 11.1 Å². The van der Waals surface area contributed by atoms with Crippen molar-refractivity contribution in [3.05, 3.63) is 108 Å². The van der Waals surface area contributed by atoms with Crippen molar-refractivity contribution in [2.75, 3.05) is 17.1 Å². The number of urea groups is 1. The van der Waals surface area contributed by atoms with E-state index in [-0.39, 0.29) is 10.8 Å². The third-order valence-corrected chi connectivity index (χ3v) is 6.87. The molecule has 0 aliphatic carbocycles. The fraction of sp³-hybridized carbons (Fsp3) is 0.0741.